The molecule has 2 aliphatic heterocycles. The second-order valence-corrected chi connectivity index (χ2v) is 6.94. The van der Waals surface area contributed by atoms with Crippen molar-refractivity contribution in [3.8, 4) is 0 Å². The molecular weight excluding hydrogens is 362 g/mol. The van der Waals surface area contributed by atoms with E-state index in [4.69, 9.17) is 10.2 Å². The number of urea groups is 1. The maximum Gasteiger partial charge on any atom is 0.328 e. The zero-order valence-electron chi connectivity index (χ0n) is 16.3. The van der Waals surface area contributed by atoms with Crippen LogP contribution in [-0.2, 0) is 28.9 Å². The van der Waals surface area contributed by atoms with Gasteiger partial charge in [0.25, 0.3) is 0 Å². The maximum absolute atomic E-state index is 12.3. The Kier molecular flexibility index (Phi) is 7.57. The molecule has 3 N–H and O–H groups in total. The number of carboxylic acids is 2. The van der Waals surface area contributed by atoms with Gasteiger partial charge in [0.15, 0.2) is 0 Å². The van der Waals surface area contributed by atoms with Crippen molar-refractivity contribution in [3.05, 3.63) is 41.0 Å². The number of aryl methyl sites for hydroxylation is 1. The minimum Gasteiger partial charge on any atom is -0.478 e. The molecule has 2 aliphatic rings. The third-order valence-electron chi connectivity index (χ3n) is 4.64. The Morgan fingerprint density at radius 2 is 1.54 bits per heavy atom. The van der Waals surface area contributed by atoms with E-state index < -0.39 is 11.9 Å². The van der Waals surface area contributed by atoms with E-state index in [2.05, 4.69) is 17.4 Å². The van der Waals surface area contributed by atoms with Gasteiger partial charge in [-0.25, -0.2) is 14.4 Å². The average molecular weight is 389 g/mol. The highest BCUT2D eigenvalue weighted by Crippen LogP contribution is 2.31. The molecule has 2 amide bonds. The van der Waals surface area contributed by atoms with Gasteiger partial charge in [0, 0.05) is 38.5 Å². The summed E-state index contributed by atoms with van der Waals surface area (Å²) in [7, 11) is 3.65. The van der Waals surface area contributed by atoms with Gasteiger partial charge in [0.2, 0.25) is 0 Å². The van der Waals surface area contributed by atoms with Crippen LogP contribution in [0.15, 0.2) is 24.3 Å². The zero-order valence-corrected chi connectivity index (χ0v) is 16.3. The van der Waals surface area contributed by atoms with Crippen LogP contribution in [0.4, 0.5) is 10.5 Å². The van der Waals surface area contributed by atoms with Gasteiger partial charge in [0.1, 0.15) is 0 Å². The number of amides is 2. The molecular formula is C20H27N3O5. The van der Waals surface area contributed by atoms with Crippen LogP contribution >= 0.6 is 0 Å². The van der Waals surface area contributed by atoms with E-state index in [0.717, 1.165) is 51.0 Å². The van der Waals surface area contributed by atoms with Crippen LogP contribution in [0.2, 0.25) is 0 Å². The highest BCUT2D eigenvalue weighted by molar-refractivity contribution is 5.93. The van der Waals surface area contributed by atoms with E-state index in [-0.39, 0.29) is 6.03 Å². The van der Waals surface area contributed by atoms with E-state index in [1.807, 2.05) is 19.0 Å². The first kappa shape index (κ1) is 21.4. The number of aliphatic carboxylic acids is 2. The summed E-state index contributed by atoms with van der Waals surface area (Å²) in [5.74, 6) is -2.51. The normalized spacial score (nSPS) is 15.6. The molecule has 0 aliphatic carbocycles. The van der Waals surface area contributed by atoms with Gasteiger partial charge in [-0.05, 0) is 61.5 Å². The van der Waals surface area contributed by atoms with Gasteiger partial charge >= 0.3 is 18.0 Å². The molecule has 0 saturated heterocycles. The lowest BCUT2D eigenvalue weighted by Gasteiger charge is -2.32. The van der Waals surface area contributed by atoms with Gasteiger partial charge in [-0.1, -0.05) is 6.07 Å². The fourth-order valence-corrected chi connectivity index (χ4v) is 3.35. The van der Waals surface area contributed by atoms with Gasteiger partial charge in [-0.15, -0.1) is 0 Å². The molecule has 0 bridgehead atoms. The molecule has 0 unspecified atom stereocenters. The fourth-order valence-electron chi connectivity index (χ4n) is 3.35. The smallest absolute Gasteiger partial charge is 0.328 e. The Bertz CT molecular complexity index is 757. The number of hydrogen-bond donors (Lipinski definition) is 3. The first-order chi connectivity index (χ1) is 13.3. The summed E-state index contributed by atoms with van der Waals surface area (Å²) in [4.78, 5) is 35.1. The van der Waals surface area contributed by atoms with Crippen molar-refractivity contribution in [1.29, 1.82) is 0 Å². The fraction of sp³-hybridized carbons (Fsp3) is 0.450. The summed E-state index contributed by atoms with van der Waals surface area (Å²) in [6, 6.07) is 4.70. The molecule has 152 valence electrons. The van der Waals surface area contributed by atoms with E-state index in [0.29, 0.717) is 12.2 Å². The van der Waals surface area contributed by atoms with E-state index in [1.165, 1.54) is 16.7 Å². The van der Waals surface area contributed by atoms with Gasteiger partial charge in [-0.3, -0.25) is 4.90 Å². The number of hydrogen-bond acceptors (Lipinski definition) is 4. The molecule has 8 nitrogen and oxygen atoms in total. The molecule has 8 heteroatoms. The van der Waals surface area contributed by atoms with Gasteiger partial charge in [0.05, 0.1) is 0 Å². The number of carbonyl (C=O) groups excluding carboxylic acids is 1. The number of carbonyl (C=O) groups is 3. The lowest BCUT2D eigenvalue weighted by Crippen LogP contribution is -2.42. The van der Waals surface area contributed by atoms with E-state index in [9.17, 15) is 14.4 Å². The van der Waals surface area contributed by atoms with Crippen molar-refractivity contribution in [2.75, 3.05) is 38.6 Å². The zero-order chi connectivity index (χ0) is 20.7. The van der Waals surface area contributed by atoms with Crippen molar-refractivity contribution in [3.63, 3.8) is 0 Å². The first-order valence-electron chi connectivity index (χ1n) is 9.27. The van der Waals surface area contributed by atoms with Gasteiger partial charge in [-0.2, -0.15) is 0 Å². The quantitative estimate of drug-likeness (QED) is 0.662. The SMILES string of the molecule is CN(C)C(=O)N1CCCc2cc3c(cc21)CCNCC3.O=C(O)C=CC(=O)O. The standard InChI is InChI=1S/C16H23N3O.C4H4O4/c1-18(2)16(20)19-9-3-4-14-10-12-5-7-17-8-6-13(12)11-15(14)19;5-3(6)1-2-4(7)8/h10-11,17H,3-9H2,1-2H3;1-2H,(H,5,6)(H,7,8). The predicted molar refractivity (Wildman–Crippen MR) is 106 cm³/mol. The van der Waals surface area contributed by atoms with E-state index >= 15 is 0 Å². The number of nitrogens with one attached hydrogen (secondary N) is 1. The number of fused-ring (bicyclic) bond motifs is 2. The Labute approximate surface area is 164 Å². The molecule has 0 spiro atoms. The Balaban J connectivity index is 0.000000300. The summed E-state index contributed by atoms with van der Waals surface area (Å²) in [6.07, 6.45) is 5.43. The highest BCUT2D eigenvalue weighted by Gasteiger charge is 2.25. The van der Waals surface area contributed by atoms with Crippen LogP contribution in [0.25, 0.3) is 0 Å². The highest BCUT2D eigenvalue weighted by atomic mass is 16.4. The van der Waals surface area contributed by atoms with Crippen LogP contribution in [-0.4, -0.2) is 66.8 Å². The number of anilines is 1. The topological polar surface area (TPSA) is 110 Å². The van der Waals surface area contributed by atoms with Crippen molar-refractivity contribution >= 4 is 23.7 Å². The Morgan fingerprint density at radius 3 is 2.07 bits per heavy atom. The number of carboxylic acid groups (broad SMARTS) is 2. The number of rotatable bonds is 2. The predicted octanol–water partition coefficient (Wildman–Crippen LogP) is 1.52. The second kappa shape index (κ2) is 9.89. The minimum atomic E-state index is -1.26. The molecule has 3 rings (SSSR count). The average Bonchev–Trinajstić information content (AvgIpc) is 2.88. The number of nitrogens with zero attached hydrogens (tertiary/aromatic N) is 2. The molecule has 0 radical (unpaired) electrons. The Morgan fingerprint density at radius 1 is 0.964 bits per heavy atom. The van der Waals surface area contributed by atoms with Crippen LogP contribution < -0.4 is 10.2 Å². The second-order valence-electron chi connectivity index (χ2n) is 6.94. The summed E-state index contributed by atoms with van der Waals surface area (Å²) < 4.78 is 0. The summed E-state index contributed by atoms with van der Waals surface area (Å²) >= 11 is 0. The molecule has 28 heavy (non-hydrogen) atoms. The third-order valence-corrected chi connectivity index (χ3v) is 4.64. The van der Waals surface area contributed by atoms with Crippen molar-refractivity contribution in [1.82, 2.24) is 10.2 Å². The first-order valence-corrected chi connectivity index (χ1v) is 9.27. The van der Waals surface area contributed by atoms with Crippen molar-refractivity contribution in [2.45, 2.75) is 25.7 Å². The van der Waals surface area contributed by atoms with Crippen molar-refractivity contribution in [2.24, 2.45) is 0 Å². The summed E-state index contributed by atoms with van der Waals surface area (Å²) in [6.45, 7) is 2.93. The van der Waals surface area contributed by atoms with E-state index in [1.54, 1.807) is 4.90 Å². The van der Waals surface area contributed by atoms with Crippen LogP contribution in [0, 0.1) is 0 Å². The summed E-state index contributed by atoms with van der Waals surface area (Å²) in [5.41, 5.74) is 5.35. The molecule has 1 aromatic rings. The third kappa shape index (κ3) is 5.82. The van der Waals surface area contributed by atoms with Crippen LogP contribution in [0.5, 0.6) is 0 Å². The van der Waals surface area contributed by atoms with Gasteiger partial charge < -0.3 is 20.4 Å². The molecule has 0 fully saturated rings. The number of benzene rings is 1. The summed E-state index contributed by atoms with van der Waals surface area (Å²) in [5, 5.41) is 19.1. The largest absolute Gasteiger partial charge is 0.478 e. The lowest BCUT2D eigenvalue weighted by molar-refractivity contribution is -0.134. The molecule has 0 aromatic heterocycles. The lowest BCUT2D eigenvalue weighted by atomic mass is 9.93. The molecule has 0 saturated carbocycles. The molecule has 2 heterocycles. The van der Waals surface area contributed by atoms with Crippen LogP contribution in [0.1, 0.15) is 23.1 Å². The van der Waals surface area contributed by atoms with Crippen molar-refractivity contribution < 1.29 is 24.6 Å². The minimum absolute atomic E-state index is 0.0950. The molecule has 1 aromatic carbocycles. The molecule has 0 atom stereocenters. The van der Waals surface area contributed by atoms with Crippen LogP contribution in [0.3, 0.4) is 0 Å². The Hall–Kier alpha value is -2.87. The monoisotopic (exact) mass is 389 g/mol. The maximum atomic E-state index is 12.3.